The van der Waals surface area contributed by atoms with Gasteiger partial charge in [0.1, 0.15) is 12.2 Å². The summed E-state index contributed by atoms with van der Waals surface area (Å²) < 4.78 is 14.1. The third-order valence-electron chi connectivity index (χ3n) is 7.97. The zero-order valence-electron chi connectivity index (χ0n) is 26.0. The lowest BCUT2D eigenvalue weighted by molar-refractivity contribution is 0.0534. The summed E-state index contributed by atoms with van der Waals surface area (Å²) in [6.07, 6.45) is 0.0987. The molecule has 1 aromatic heterocycles. The largest absolute Gasteiger partial charge is 0.448 e. The van der Waals surface area contributed by atoms with E-state index >= 15 is 0 Å². The first kappa shape index (κ1) is 31.1. The van der Waals surface area contributed by atoms with Gasteiger partial charge in [-0.05, 0) is 63.8 Å². The van der Waals surface area contributed by atoms with Crippen molar-refractivity contribution in [2.45, 2.75) is 71.3 Å². The van der Waals surface area contributed by atoms with Gasteiger partial charge in [0.25, 0.3) is 0 Å². The van der Waals surface area contributed by atoms with Gasteiger partial charge in [-0.25, -0.2) is 14.4 Å². The quantitative estimate of drug-likeness (QED) is 0.232. The van der Waals surface area contributed by atoms with Gasteiger partial charge in [0.15, 0.2) is 0 Å². The number of nitrogens with zero attached hydrogens (tertiary/aromatic N) is 4. The Morgan fingerprint density at radius 1 is 0.818 bits per heavy atom. The van der Waals surface area contributed by atoms with Gasteiger partial charge in [-0.2, -0.15) is 4.57 Å². The molecule has 232 valence electrons. The van der Waals surface area contributed by atoms with E-state index in [1.54, 1.807) is 42.4 Å². The fourth-order valence-electron chi connectivity index (χ4n) is 5.71. The van der Waals surface area contributed by atoms with E-state index in [0.717, 1.165) is 17.7 Å². The Hall–Kier alpha value is -4.37. The molecule has 0 spiro atoms. The van der Waals surface area contributed by atoms with Crippen molar-refractivity contribution in [1.29, 1.82) is 0 Å². The highest BCUT2D eigenvalue weighted by Gasteiger charge is 2.31. The zero-order chi connectivity index (χ0) is 31.3. The van der Waals surface area contributed by atoms with E-state index in [1.165, 1.54) is 11.1 Å². The van der Waals surface area contributed by atoms with Crippen LogP contribution in [0.25, 0.3) is 11.0 Å². The summed E-state index contributed by atoms with van der Waals surface area (Å²) in [5, 5.41) is 0. The number of likely N-dealkylation sites (tertiary alicyclic amines) is 1. The second kappa shape index (κ2) is 13.5. The number of rotatable bonds is 8. The Bertz CT molecular complexity index is 1570. The molecular weight excluding hydrogens is 556 g/mol. The van der Waals surface area contributed by atoms with Crippen LogP contribution in [-0.2, 0) is 22.6 Å². The van der Waals surface area contributed by atoms with Gasteiger partial charge in [-0.15, -0.1) is 0 Å². The number of benzene rings is 3. The molecule has 3 aromatic carbocycles. The lowest BCUT2D eigenvalue weighted by Gasteiger charge is -2.33. The van der Waals surface area contributed by atoms with Crippen molar-refractivity contribution in [2.75, 3.05) is 19.7 Å². The van der Waals surface area contributed by atoms with Crippen LogP contribution in [0.4, 0.5) is 9.59 Å². The third-order valence-corrected chi connectivity index (χ3v) is 7.97. The maximum absolute atomic E-state index is 13.5. The van der Waals surface area contributed by atoms with E-state index in [-0.39, 0.29) is 24.8 Å². The molecule has 1 amide bonds. The van der Waals surface area contributed by atoms with Crippen molar-refractivity contribution in [2.24, 2.45) is 0 Å². The molecule has 0 radical (unpaired) electrons. The minimum absolute atomic E-state index is 0.00513. The normalized spacial score (nSPS) is 15.0. The average molecular weight is 599 g/mol. The smallest absolute Gasteiger partial charge is 0.423 e. The summed E-state index contributed by atoms with van der Waals surface area (Å²) in [7, 11) is 0. The van der Waals surface area contributed by atoms with Crippen LogP contribution in [0.2, 0.25) is 0 Å². The van der Waals surface area contributed by atoms with Crippen LogP contribution < -0.4 is 5.69 Å². The summed E-state index contributed by atoms with van der Waals surface area (Å²) >= 11 is 0. The topological polar surface area (TPSA) is 86.0 Å². The minimum atomic E-state index is -0.733. The van der Waals surface area contributed by atoms with Crippen LogP contribution in [0.3, 0.4) is 0 Å². The highest BCUT2D eigenvalue weighted by molar-refractivity contribution is 5.87. The Morgan fingerprint density at radius 2 is 1.34 bits per heavy atom. The number of para-hydroxylation sites is 2. The second-order valence-electron chi connectivity index (χ2n) is 12.5. The van der Waals surface area contributed by atoms with E-state index < -0.39 is 17.4 Å². The first-order chi connectivity index (χ1) is 21.1. The highest BCUT2D eigenvalue weighted by atomic mass is 16.6. The number of carbonyl (C=O) groups excluding carboxylic acids is 2. The van der Waals surface area contributed by atoms with Gasteiger partial charge in [-0.1, -0.05) is 72.8 Å². The highest BCUT2D eigenvalue weighted by Crippen LogP contribution is 2.27. The molecule has 0 saturated carbocycles. The number of aromatic nitrogens is 2. The predicted molar refractivity (Wildman–Crippen MR) is 171 cm³/mol. The van der Waals surface area contributed by atoms with Gasteiger partial charge in [0.2, 0.25) is 0 Å². The molecule has 0 aliphatic carbocycles. The Labute approximate surface area is 258 Å². The van der Waals surface area contributed by atoms with Gasteiger partial charge in [-0.3, -0.25) is 9.47 Å². The van der Waals surface area contributed by atoms with Gasteiger partial charge >= 0.3 is 17.9 Å². The fraction of sp³-hybridized carbons (Fsp3) is 0.400. The maximum atomic E-state index is 13.5. The molecule has 1 saturated heterocycles. The molecule has 1 fully saturated rings. The maximum Gasteiger partial charge on any atom is 0.423 e. The van der Waals surface area contributed by atoms with E-state index in [2.05, 4.69) is 36.1 Å². The molecule has 2 heterocycles. The van der Waals surface area contributed by atoms with Crippen molar-refractivity contribution in [3.8, 4) is 0 Å². The average Bonchev–Trinajstić information content (AvgIpc) is 3.31. The minimum Gasteiger partial charge on any atom is -0.448 e. The van der Waals surface area contributed by atoms with Crippen LogP contribution >= 0.6 is 0 Å². The van der Waals surface area contributed by atoms with Crippen molar-refractivity contribution in [3.05, 3.63) is 107 Å². The van der Waals surface area contributed by atoms with E-state index in [4.69, 9.17) is 9.47 Å². The van der Waals surface area contributed by atoms with E-state index in [1.807, 2.05) is 48.5 Å². The standard InChI is InChI=1S/C35H42N4O5/c1-26(37(23-27-13-7-5-8-14-27)24-28-15-9-6-10-16-28)25-43-33(41)36-21-19-29(20-22-36)38-30-17-11-12-18-31(30)39(32(38)40)34(42)44-35(2,3)4/h5-18,26,29H,19-25H2,1-4H3. The van der Waals surface area contributed by atoms with Crippen LogP contribution in [0.1, 0.15) is 57.7 Å². The SMILES string of the molecule is CC(COC(=O)N1CCC(n2c(=O)n(C(=O)OC(C)(C)C)c3ccccc32)CC1)N(Cc1ccccc1)Cc1ccccc1. The summed E-state index contributed by atoms with van der Waals surface area (Å²) in [6, 6.07) is 27.7. The predicted octanol–water partition coefficient (Wildman–Crippen LogP) is 6.45. The van der Waals surface area contributed by atoms with Crippen LogP contribution in [0.5, 0.6) is 0 Å². The molecular formula is C35H42N4O5. The van der Waals surface area contributed by atoms with E-state index in [0.29, 0.717) is 37.0 Å². The molecule has 9 heteroatoms. The lowest BCUT2D eigenvalue weighted by atomic mass is 10.0. The Kier molecular flexibility index (Phi) is 9.54. The number of ether oxygens (including phenoxy) is 2. The second-order valence-corrected chi connectivity index (χ2v) is 12.5. The molecule has 44 heavy (non-hydrogen) atoms. The number of imidazole rings is 1. The summed E-state index contributed by atoms with van der Waals surface area (Å²) in [5.74, 6) is 0. The molecule has 1 aliphatic rings. The molecule has 4 aromatic rings. The third kappa shape index (κ3) is 7.39. The first-order valence-electron chi connectivity index (χ1n) is 15.3. The monoisotopic (exact) mass is 598 g/mol. The lowest BCUT2D eigenvalue weighted by Crippen LogP contribution is -2.43. The number of hydrogen-bond donors (Lipinski definition) is 0. The van der Waals surface area contributed by atoms with Crippen molar-refractivity contribution >= 4 is 23.2 Å². The van der Waals surface area contributed by atoms with Gasteiger partial charge in [0, 0.05) is 38.3 Å². The van der Waals surface area contributed by atoms with Crippen molar-refractivity contribution in [3.63, 3.8) is 0 Å². The van der Waals surface area contributed by atoms with Gasteiger partial charge < -0.3 is 14.4 Å². The number of amides is 1. The van der Waals surface area contributed by atoms with Crippen molar-refractivity contribution < 1.29 is 19.1 Å². The summed E-state index contributed by atoms with van der Waals surface area (Å²) in [5.41, 5.74) is 2.43. The Balaban J connectivity index is 1.22. The molecule has 1 aliphatic heterocycles. The molecule has 1 atom stereocenters. The number of piperidine rings is 1. The van der Waals surface area contributed by atoms with Crippen molar-refractivity contribution in [1.82, 2.24) is 18.9 Å². The van der Waals surface area contributed by atoms with Crippen LogP contribution in [0.15, 0.2) is 89.7 Å². The van der Waals surface area contributed by atoms with Gasteiger partial charge in [0.05, 0.1) is 11.0 Å². The molecule has 0 N–H and O–H groups in total. The number of carbonyl (C=O) groups is 2. The number of fused-ring (bicyclic) bond motifs is 1. The summed E-state index contributed by atoms with van der Waals surface area (Å²) in [4.78, 5) is 43.7. The van der Waals surface area contributed by atoms with E-state index in [9.17, 15) is 14.4 Å². The molecule has 9 nitrogen and oxygen atoms in total. The van der Waals surface area contributed by atoms with Crippen LogP contribution in [0, 0.1) is 0 Å². The Morgan fingerprint density at radius 3 is 1.89 bits per heavy atom. The van der Waals surface area contributed by atoms with Crippen LogP contribution in [-0.4, -0.2) is 62.5 Å². The summed E-state index contributed by atoms with van der Waals surface area (Å²) in [6.45, 7) is 10.1. The zero-order valence-corrected chi connectivity index (χ0v) is 26.0. The molecule has 0 bridgehead atoms. The molecule has 1 unspecified atom stereocenters. The first-order valence-corrected chi connectivity index (χ1v) is 15.3. The molecule has 5 rings (SSSR count). The number of hydrogen-bond acceptors (Lipinski definition) is 6. The fourth-order valence-corrected chi connectivity index (χ4v) is 5.71.